The number of nitrogens with zero attached hydrogens (tertiary/aromatic N) is 3. The van der Waals surface area contributed by atoms with Gasteiger partial charge >= 0.3 is 5.97 Å². The van der Waals surface area contributed by atoms with Crippen LogP contribution >= 0.6 is 11.8 Å². The molecule has 0 aliphatic rings. The zero-order valence-electron chi connectivity index (χ0n) is 8.67. The van der Waals surface area contributed by atoms with E-state index in [1.807, 2.05) is 6.26 Å². The van der Waals surface area contributed by atoms with Crippen LogP contribution in [0.5, 0.6) is 0 Å². The molecule has 6 heteroatoms. The number of carboxylic acid groups (broad SMARTS) is 1. The van der Waals surface area contributed by atoms with Gasteiger partial charge in [-0.25, -0.2) is 4.98 Å². The third-order valence-electron chi connectivity index (χ3n) is 1.86. The molecule has 0 aliphatic heterocycles. The summed E-state index contributed by atoms with van der Waals surface area (Å²) in [5.74, 6) is -0.112. The highest BCUT2D eigenvalue weighted by molar-refractivity contribution is 7.98. The fourth-order valence-corrected chi connectivity index (χ4v) is 1.35. The van der Waals surface area contributed by atoms with E-state index in [1.54, 1.807) is 24.3 Å². The molecular formula is C9H13N3O2S. The fraction of sp³-hybridized carbons (Fsp3) is 0.444. The molecule has 0 radical (unpaired) electrons. The van der Waals surface area contributed by atoms with Crippen molar-refractivity contribution in [2.24, 2.45) is 0 Å². The number of aromatic nitrogens is 2. The highest BCUT2D eigenvalue weighted by atomic mass is 32.2. The van der Waals surface area contributed by atoms with Gasteiger partial charge in [0.25, 0.3) is 0 Å². The summed E-state index contributed by atoms with van der Waals surface area (Å²) in [4.78, 5) is 20.5. The van der Waals surface area contributed by atoms with Crippen molar-refractivity contribution in [2.75, 3.05) is 24.7 Å². The molecule has 1 rings (SSSR count). The second-order valence-electron chi connectivity index (χ2n) is 2.98. The lowest BCUT2D eigenvalue weighted by Gasteiger charge is -2.16. The summed E-state index contributed by atoms with van der Waals surface area (Å²) in [6.45, 7) is 0.432. The Bertz CT molecular complexity index is 346. The number of aliphatic carboxylic acids is 1. The Labute approximate surface area is 92.5 Å². The lowest BCUT2D eigenvalue weighted by molar-refractivity contribution is -0.136. The number of hydrogen-bond acceptors (Lipinski definition) is 5. The number of rotatable bonds is 5. The molecule has 1 N–H and O–H groups in total. The van der Waals surface area contributed by atoms with E-state index in [0.717, 1.165) is 5.03 Å². The van der Waals surface area contributed by atoms with E-state index < -0.39 is 5.97 Å². The average Bonchev–Trinajstić information content (AvgIpc) is 2.26. The monoisotopic (exact) mass is 227 g/mol. The lowest BCUT2D eigenvalue weighted by atomic mass is 10.4. The first-order valence-electron chi connectivity index (χ1n) is 4.42. The van der Waals surface area contributed by atoms with Crippen molar-refractivity contribution in [1.82, 2.24) is 9.97 Å². The highest BCUT2D eigenvalue weighted by Gasteiger charge is 2.06. The SMILES string of the molecule is CSc1cncc(N(C)CCC(=O)O)n1. The minimum Gasteiger partial charge on any atom is -0.481 e. The predicted octanol–water partition coefficient (Wildman–Crippen LogP) is 1.11. The molecule has 1 aromatic heterocycles. The van der Waals surface area contributed by atoms with Crippen LogP contribution in [0.1, 0.15) is 6.42 Å². The molecule has 0 aromatic carbocycles. The van der Waals surface area contributed by atoms with E-state index in [1.165, 1.54) is 11.8 Å². The van der Waals surface area contributed by atoms with Crippen LogP contribution in [0.4, 0.5) is 5.82 Å². The normalized spacial score (nSPS) is 10.0. The summed E-state index contributed by atoms with van der Waals surface area (Å²) < 4.78 is 0. The largest absolute Gasteiger partial charge is 0.481 e. The van der Waals surface area contributed by atoms with Gasteiger partial charge in [-0.2, -0.15) is 0 Å². The Balaban J connectivity index is 2.64. The van der Waals surface area contributed by atoms with Crippen LogP contribution in [0.2, 0.25) is 0 Å². The molecule has 1 heterocycles. The average molecular weight is 227 g/mol. The molecule has 0 unspecified atom stereocenters. The van der Waals surface area contributed by atoms with Gasteiger partial charge < -0.3 is 10.0 Å². The standard InChI is InChI=1S/C9H13N3O2S/c1-12(4-3-9(13)14)7-5-10-6-8(11-7)15-2/h5-6H,3-4H2,1-2H3,(H,13,14). The van der Waals surface area contributed by atoms with Gasteiger partial charge in [0.15, 0.2) is 0 Å². The third kappa shape index (κ3) is 3.75. The van der Waals surface area contributed by atoms with Crippen LogP contribution in [0.3, 0.4) is 0 Å². The maximum absolute atomic E-state index is 10.4. The molecule has 0 spiro atoms. The molecule has 82 valence electrons. The quantitative estimate of drug-likeness (QED) is 0.760. The first kappa shape index (κ1) is 11.8. The number of thioether (sulfide) groups is 1. The predicted molar refractivity (Wildman–Crippen MR) is 59.3 cm³/mol. The van der Waals surface area contributed by atoms with Crippen molar-refractivity contribution >= 4 is 23.5 Å². The molecule has 0 saturated carbocycles. The molecule has 0 saturated heterocycles. The van der Waals surface area contributed by atoms with Crippen LogP contribution in [-0.4, -0.2) is 40.9 Å². The Morgan fingerprint density at radius 3 is 2.93 bits per heavy atom. The van der Waals surface area contributed by atoms with Crippen molar-refractivity contribution in [2.45, 2.75) is 11.4 Å². The maximum atomic E-state index is 10.4. The van der Waals surface area contributed by atoms with E-state index in [-0.39, 0.29) is 6.42 Å². The summed E-state index contributed by atoms with van der Waals surface area (Å²) in [6, 6.07) is 0. The van der Waals surface area contributed by atoms with Gasteiger partial charge in [-0.15, -0.1) is 11.8 Å². The second-order valence-corrected chi connectivity index (χ2v) is 3.81. The molecule has 0 atom stereocenters. The van der Waals surface area contributed by atoms with E-state index >= 15 is 0 Å². The number of carbonyl (C=O) groups is 1. The second kappa shape index (κ2) is 5.55. The van der Waals surface area contributed by atoms with Gasteiger partial charge in [-0.05, 0) is 6.26 Å². The summed E-state index contributed by atoms with van der Waals surface area (Å²) in [6.07, 6.45) is 5.33. The fourth-order valence-electron chi connectivity index (χ4n) is 0.998. The minimum atomic E-state index is -0.809. The highest BCUT2D eigenvalue weighted by Crippen LogP contribution is 2.14. The van der Waals surface area contributed by atoms with Gasteiger partial charge in [-0.1, -0.05) is 0 Å². The number of hydrogen-bond donors (Lipinski definition) is 1. The zero-order valence-corrected chi connectivity index (χ0v) is 9.49. The van der Waals surface area contributed by atoms with E-state index in [0.29, 0.717) is 12.4 Å². The van der Waals surface area contributed by atoms with Crippen molar-refractivity contribution in [1.29, 1.82) is 0 Å². The summed E-state index contributed by atoms with van der Waals surface area (Å²) in [5, 5.41) is 9.37. The molecule has 0 amide bonds. The Hall–Kier alpha value is -1.30. The number of anilines is 1. The first-order valence-corrected chi connectivity index (χ1v) is 5.65. The van der Waals surface area contributed by atoms with Gasteiger partial charge in [-0.3, -0.25) is 9.78 Å². The van der Waals surface area contributed by atoms with Gasteiger partial charge in [0.2, 0.25) is 0 Å². The smallest absolute Gasteiger partial charge is 0.305 e. The lowest BCUT2D eigenvalue weighted by Crippen LogP contribution is -2.22. The maximum Gasteiger partial charge on any atom is 0.305 e. The van der Waals surface area contributed by atoms with Gasteiger partial charge in [0, 0.05) is 13.6 Å². The van der Waals surface area contributed by atoms with Crippen LogP contribution in [-0.2, 0) is 4.79 Å². The van der Waals surface area contributed by atoms with Gasteiger partial charge in [0.1, 0.15) is 10.8 Å². The van der Waals surface area contributed by atoms with Crippen molar-refractivity contribution in [3.05, 3.63) is 12.4 Å². The number of carboxylic acids is 1. The third-order valence-corrected chi connectivity index (χ3v) is 2.48. The minimum absolute atomic E-state index is 0.0989. The topological polar surface area (TPSA) is 66.3 Å². The van der Waals surface area contributed by atoms with E-state index in [4.69, 9.17) is 5.11 Å². The van der Waals surface area contributed by atoms with Crippen LogP contribution in [0.25, 0.3) is 0 Å². The van der Waals surface area contributed by atoms with Crippen LogP contribution in [0.15, 0.2) is 17.4 Å². The molecular weight excluding hydrogens is 214 g/mol. The Kier molecular flexibility index (Phi) is 4.36. The molecule has 0 aliphatic carbocycles. The summed E-state index contributed by atoms with van der Waals surface area (Å²) in [7, 11) is 1.80. The molecule has 5 nitrogen and oxygen atoms in total. The summed E-state index contributed by atoms with van der Waals surface area (Å²) >= 11 is 1.51. The van der Waals surface area contributed by atoms with Crippen molar-refractivity contribution in [3.63, 3.8) is 0 Å². The Morgan fingerprint density at radius 2 is 2.33 bits per heavy atom. The molecule has 1 aromatic rings. The zero-order chi connectivity index (χ0) is 11.3. The summed E-state index contributed by atoms with van der Waals surface area (Å²) in [5.41, 5.74) is 0. The van der Waals surface area contributed by atoms with Crippen molar-refractivity contribution < 1.29 is 9.90 Å². The Morgan fingerprint density at radius 1 is 1.60 bits per heavy atom. The first-order chi connectivity index (χ1) is 7.13. The van der Waals surface area contributed by atoms with E-state index in [9.17, 15) is 4.79 Å². The van der Waals surface area contributed by atoms with Gasteiger partial charge in [0.05, 0.1) is 18.8 Å². The van der Waals surface area contributed by atoms with E-state index in [2.05, 4.69) is 9.97 Å². The molecule has 15 heavy (non-hydrogen) atoms. The molecule has 0 bridgehead atoms. The van der Waals surface area contributed by atoms with Crippen molar-refractivity contribution in [3.8, 4) is 0 Å². The molecule has 0 fully saturated rings. The van der Waals surface area contributed by atoms with Crippen LogP contribution in [0, 0.1) is 0 Å². The van der Waals surface area contributed by atoms with Crippen LogP contribution < -0.4 is 4.90 Å².